The van der Waals surface area contributed by atoms with E-state index >= 15 is 0 Å². The molecule has 0 aromatic heterocycles. The zero-order valence-electron chi connectivity index (χ0n) is 9.73. The second kappa shape index (κ2) is 5.51. The monoisotopic (exact) mass is 288 g/mol. The number of sulfonamides is 1. The Balaban J connectivity index is 3.08. The normalized spacial score (nSPS) is 11.1. The van der Waals surface area contributed by atoms with Crippen molar-refractivity contribution in [2.45, 2.75) is 11.8 Å². The predicted octanol–water partition coefficient (Wildman–Crippen LogP) is 1.12. The van der Waals surface area contributed by atoms with Crippen molar-refractivity contribution in [3.8, 4) is 0 Å². The summed E-state index contributed by atoms with van der Waals surface area (Å²) in [5.74, 6) is -0.431. The van der Waals surface area contributed by atoms with E-state index in [0.717, 1.165) is 0 Å². The smallest absolute Gasteiger partial charge is 0.251 e. The number of nitrogens with one attached hydrogen (secondary N) is 1. The van der Waals surface area contributed by atoms with Crippen LogP contribution in [-0.4, -0.2) is 20.9 Å². The van der Waals surface area contributed by atoms with Crippen LogP contribution in [0.25, 0.3) is 0 Å². The van der Waals surface area contributed by atoms with Crippen LogP contribution in [0.5, 0.6) is 0 Å². The number of rotatable bonds is 4. The van der Waals surface area contributed by atoms with Crippen molar-refractivity contribution in [3.05, 3.63) is 40.9 Å². The van der Waals surface area contributed by atoms with Gasteiger partial charge in [0.2, 0.25) is 10.0 Å². The number of hydrogen-bond acceptors (Lipinski definition) is 3. The van der Waals surface area contributed by atoms with Crippen LogP contribution in [-0.2, 0) is 10.0 Å². The minimum absolute atomic E-state index is 0.108. The maximum atomic E-state index is 11.8. The summed E-state index contributed by atoms with van der Waals surface area (Å²) in [6.45, 7) is 5.24. The molecule has 0 unspecified atom stereocenters. The van der Waals surface area contributed by atoms with Gasteiger partial charge in [0, 0.05) is 10.6 Å². The number of nitrogens with two attached hydrogens (primary N) is 1. The molecule has 5 nitrogen and oxygen atoms in total. The highest BCUT2D eigenvalue weighted by Gasteiger charge is 2.14. The summed E-state index contributed by atoms with van der Waals surface area (Å²) in [7, 11) is -3.83. The molecule has 0 bridgehead atoms. The number of hydrogen-bond donors (Lipinski definition) is 2. The highest BCUT2D eigenvalue weighted by Crippen LogP contribution is 2.14. The Labute approximate surface area is 111 Å². The third-order valence-electron chi connectivity index (χ3n) is 2.22. The quantitative estimate of drug-likeness (QED) is 0.870. The van der Waals surface area contributed by atoms with Crippen LogP contribution in [0.4, 0.5) is 0 Å². The number of primary sulfonamides is 1. The van der Waals surface area contributed by atoms with Gasteiger partial charge in [-0.15, -0.1) is 0 Å². The van der Waals surface area contributed by atoms with Crippen LogP contribution in [0.3, 0.4) is 0 Å². The second-order valence-electron chi connectivity index (χ2n) is 3.72. The molecule has 0 fully saturated rings. The van der Waals surface area contributed by atoms with Gasteiger partial charge in [-0.05, 0) is 24.6 Å². The Hall–Kier alpha value is -1.37. The molecule has 1 amide bonds. The predicted molar refractivity (Wildman–Crippen MR) is 69.9 cm³/mol. The van der Waals surface area contributed by atoms with Crippen molar-refractivity contribution in [3.63, 3.8) is 0 Å². The Morgan fingerprint density at radius 2 is 2.11 bits per heavy atom. The van der Waals surface area contributed by atoms with E-state index in [0.29, 0.717) is 5.56 Å². The Morgan fingerprint density at radius 3 is 2.61 bits per heavy atom. The first-order valence-electron chi connectivity index (χ1n) is 4.96. The number of amides is 1. The second-order valence-corrected chi connectivity index (χ2v) is 5.82. The van der Waals surface area contributed by atoms with Crippen molar-refractivity contribution >= 4 is 27.5 Å². The van der Waals surface area contributed by atoms with Gasteiger partial charge in [-0.25, -0.2) is 13.6 Å². The fraction of sp³-hybridized carbons (Fsp3) is 0.182. The van der Waals surface area contributed by atoms with Crippen molar-refractivity contribution in [1.29, 1.82) is 0 Å². The molecule has 0 atom stereocenters. The number of carbonyl (C=O) groups excluding carboxylic acids is 1. The summed E-state index contributed by atoms with van der Waals surface area (Å²) in [5.41, 5.74) is 0.875. The molecule has 1 rings (SSSR count). The van der Waals surface area contributed by atoms with E-state index in [-0.39, 0.29) is 22.0 Å². The molecular weight excluding hydrogens is 276 g/mol. The molecule has 7 heteroatoms. The lowest BCUT2D eigenvalue weighted by atomic mass is 10.1. The van der Waals surface area contributed by atoms with Gasteiger partial charge in [0.15, 0.2) is 0 Å². The molecule has 98 valence electrons. The van der Waals surface area contributed by atoms with Crippen LogP contribution in [0.1, 0.15) is 15.9 Å². The molecule has 1 aromatic carbocycles. The average molecular weight is 289 g/mol. The van der Waals surface area contributed by atoms with Gasteiger partial charge in [-0.2, -0.15) is 0 Å². The van der Waals surface area contributed by atoms with Crippen LogP contribution in [0.2, 0.25) is 0 Å². The maximum absolute atomic E-state index is 11.8. The maximum Gasteiger partial charge on any atom is 0.251 e. The van der Waals surface area contributed by atoms with Gasteiger partial charge in [0.1, 0.15) is 0 Å². The minimum atomic E-state index is -3.83. The third-order valence-corrected chi connectivity index (χ3v) is 3.27. The molecule has 0 saturated heterocycles. The molecule has 0 spiro atoms. The van der Waals surface area contributed by atoms with Gasteiger partial charge in [-0.1, -0.05) is 24.2 Å². The van der Waals surface area contributed by atoms with Crippen LogP contribution in [0, 0.1) is 6.92 Å². The Kier molecular flexibility index (Phi) is 4.50. The first kappa shape index (κ1) is 14.7. The number of aryl methyl sites for hydroxylation is 1. The van der Waals surface area contributed by atoms with Gasteiger partial charge >= 0.3 is 0 Å². The minimum Gasteiger partial charge on any atom is -0.347 e. The van der Waals surface area contributed by atoms with E-state index in [2.05, 4.69) is 11.9 Å². The van der Waals surface area contributed by atoms with Crippen molar-refractivity contribution in [2.75, 3.05) is 6.54 Å². The van der Waals surface area contributed by atoms with E-state index in [1.54, 1.807) is 6.92 Å². The summed E-state index contributed by atoms with van der Waals surface area (Å²) in [5, 5.41) is 7.80. The molecular formula is C11H13ClN2O3S. The summed E-state index contributed by atoms with van der Waals surface area (Å²) in [6, 6.07) is 4.10. The fourth-order valence-electron chi connectivity index (χ4n) is 1.29. The van der Waals surface area contributed by atoms with E-state index < -0.39 is 15.9 Å². The third kappa shape index (κ3) is 3.83. The fourth-order valence-corrected chi connectivity index (χ4v) is 1.90. The standard InChI is InChI=1S/C11H13ClN2O3S/c1-7-3-4-9(18(13,16)17)5-10(7)11(15)14-6-8(2)12/h3-5H,2,6H2,1H3,(H,14,15)(H2,13,16,17). The number of halogens is 1. The summed E-state index contributed by atoms with van der Waals surface area (Å²) < 4.78 is 22.4. The SMILES string of the molecule is C=C(Cl)CNC(=O)c1cc(S(N)(=O)=O)ccc1C. The van der Waals surface area contributed by atoms with E-state index in [9.17, 15) is 13.2 Å². The summed E-state index contributed by atoms with van der Waals surface area (Å²) >= 11 is 5.53. The van der Waals surface area contributed by atoms with E-state index in [4.69, 9.17) is 16.7 Å². The summed E-state index contributed by atoms with van der Waals surface area (Å²) in [6.07, 6.45) is 0. The van der Waals surface area contributed by atoms with Gasteiger partial charge in [0.25, 0.3) is 5.91 Å². The molecule has 0 saturated carbocycles. The molecule has 0 radical (unpaired) electrons. The highest BCUT2D eigenvalue weighted by molar-refractivity contribution is 7.89. The van der Waals surface area contributed by atoms with E-state index in [1.165, 1.54) is 18.2 Å². The molecule has 1 aromatic rings. The van der Waals surface area contributed by atoms with Crippen molar-refractivity contribution in [1.82, 2.24) is 5.32 Å². The molecule has 3 N–H and O–H groups in total. The van der Waals surface area contributed by atoms with Gasteiger partial charge < -0.3 is 5.32 Å². The molecule has 18 heavy (non-hydrogen) atoms. The number of benzene rings is 1. The highest BCUT2D eigenvalue weighted by atomic mass is 35.5. The van der Waals surface area contributed by atoms with E-state index in [1.807, 2.05) is 0 Å². The number of carbonyl (C=O) groups is 1. The molecule has 0 aliphatic rings. The topological polar surface area (TPSA) is 89.3 Å². The Bertz CT molecular complexity index is 596. The first-order valence-corrected chi connectivity index (χ1v) is 6.89. The van der Waals surface area contributed by atoms with Crippen LogP contribution in [0.15, 0.2) is 34.7 Å². The van der Waals surface area contributed by atoms with Gasteiger partial charge in [0.05, 0.1) is 11.4 Å². The van der Waals surface area contributed by atoms with Crippen LogP contribution >= 0.6 is 11.6 Å². The van der Waals surface area contributed by atoms with Crippen molar-refractivity contribution in [2.24, 2.45) is 5.14 Å². The zero-order chi connectivity index (χ0) is 13.9. The largest absolute Gasteiger partial charge is 0.347 e. The lowest BCUT2D eigenvalue weighted by Crippen LogP contribution is -2.25. The molecule has 0 aliphatic heterocycles. The molecule has 0 aliphatic carbocycles. The van der Waals surface area contributed by atoms with Crippen LogP contribution < -0.4 is 10.5 Å². The van der Waals surface area contributed by atoms with Gasteiger partial charge in [-0.3, -0.25) is 4.79 Å². The molecule has 0 heterocycles. The van der Waals surface area contributed by atoms with Crippen molar-refractivity contribution < 1.29 is 13.2 Å². The Morgan fingerprint density at radius 1 is 1.50 bits per heavy atom. The average Bonchev–Trinajstić information content (AvgIpc) is 2.24. The first-order chi connectivity index (χ1) is 8.21. The lowest BCUT2D eigenvalue weighted by molar-refractivity contribution is 0.0957. The summed E-state index contributed by atoms with van der Waals surface area (Å²) in [4.78, 5) is 11.7. The zero-order valence-corrected chi connectivity index (χ0v) is 11.3. The lowest BCUT2D eigenvalue weighted by Gasteiger charge is -2.08.